The molecular formula is C31H22N2. The summed E-state index contributed by atoms with van der Waals surface area (Å²) in [5.41, 5.74) is 4.66. The second-order valence-electron chi connectivity index (χ2n) is 8.90. The summed E-state index contributed by atoms with van der Waals surface area (Å²) in [5.74, 6) is 1.03. The van der Waals surface area contributed by atoms with Crippen LogP contribution in [0.4, 0.5) is 0 Å². The lowest BCUT2D eigenvalue weighted by atomic mass is 9.87. The van der Waals surface area contributed by atoms with Gasteiger partial charge in [-0.3, -0.25) is 0 Å². The molecule has 0 aliphatic carbocycles. The Kier molecular flexibility index (Phi) is 3.72. The molecule has 2 heteroatoms. The van der Waals surface area contributed by atoms with E-state index >= 15 is 0 Å². The van der Waals surface area contributed by atoms with Crippen LogP contribution in [0.3, 0.4) is 0 Å². The number of aryl methyl sites for hydroxylation is 2. The predicted octanol–water partition coefficient (Wildman–Crippen LogP) is 8.16. The minimum Gasteiger partial charge on any atom is -0.331 e. The second-order valence-corrected chi connectivity index (χ2v) is 8.90. The van der Waals surface area contributed by atoms with Crippen LogP contribution in [0.1, 0.15) is 5.82 Å². The monoisotopic (exact) mass is 422 g/mol. The van der Waals surface area contributed by atoms with Crippen molar-refractivity contribution in [1.82, 2.24) is 9.55 Å². The highest BCUT2D eigenvalue weighted by Gasteiger charge is 2.15. The minimum atomic E-state index is 1.03. The number of imidazole rings is 1. The van der Waals surface area contributed by atoms with Crippen molar-refractivity contribution in [3.05, 3.63) is 103 Å². The van der Waals surface area contributed by atoms with E-state index in [1.165, 1.54) is 54.2 Å². The molecule has 156 valence electrons. The molecule has 0 aliphatic rings. The van der Waals surface area contributed by atoms with Crippen LogP contribution < -0.4 is 0 Å². The van der Waals surface area contributed by atoms with Gasteiger partial charge in [-0.2, -0.15) is 0 Å². The van der Waals surface area contributed by atoms with E-state index in [-0.39, 0.29) is 0 Å². The molecule has 0 atom stereocenters. The summed E-state index contributed by atoms with van der Waals surface area (Å²) in [6.07, 6.45) is 0. The highest BCUT2D eigenvalue weighted by atomic mass is 15.0. The van der Waals surface area contributed by atoms with Crippen LogP contribution in [0.25, 0.3) is 65.3 Å². The fraction of sp³-hybridized carbons (Fsp3) is 0.0645. The standard InChI is InChI=1S/C31H22N2/c1-19-32-29-17-20(15-16-30(29)33(19)2)27-18-28-23-11-4-3-9-21(23)22-10-5-7-13-25(22)31(28)26-14-8-6-12-24(26)27/h3-18H,1-2H3. The van der Waals surface area contributed by atoms with Gasteiger partial charge in [0, 0.05) is 7.05 Å². The fourth-order valence-corrected chi connectivity index (χ4v) is 5.49. The molecule has 0 fully saturated rings. The number of hydrogen-bond acceptors (Lipinski definition) is 1. The average Bonchev–Trinajstić information content (AvgIpc) is 3.16. The van der Waals surface area contributed by atoms with Gasteiger partial charge in [-0.05, 0) is 79.3 Å². The first-order valence-corrected chi connectivity index (χ1v) is 11.4. The van der Waals surface area contributed by atoms with Crippen LogP contribution in [0.15, 0.2) is 97.1 Å². The fourth-order valence-electron chi connectivity index (χ4n) is 5.49. The number of fused-ring (bicyclic) bond motifs is 9. The van der Waals surface area contributed by atoms with E-state index in [9.17, 15) is 0 Å². The molecule has 33 heavy (non-hydrogen) atoms. The lowest BCUT2D eigenvalue weighted by Gasteiger charge is -2.16. The third-order valence-electron chi connectivity index (χ3n) is 7.16. The number of aromatic nitrogens is 2. The Bertz CT molecular complexity index is 1890. The van der Waals surface area contributed by atoms with Crippen molar-refractivity contribution in [3.63, 3.8) is 0 Å². The van der Waals surface area contributed by atoms with E-state index in [0.717, 1.165) is 16.9 Å². The van der Waals surface area contributed by atoms with Gasteiger partial charge in [0.15, 0.2) is 0 Å². The third kappa shape index (κ3) is 2.52. The summed E-state index contributed by atoms with van der Waals surface area (Å²) in [4.78, 5) is 4.80. The van der Waals surface area contributed by atoms with E-state index in [1.807, 2.05) is 0 Å². The highest BCUT2D eigenvalue weighted by molar-refractivity contribution is 6.33. The molecule has 0 saturated carbocycles. The Morgan fingerprint density at radius 1 is 0.576 bits per heavy atom. The van der Waals surface area contributed by atoms with Gasteiger partial charge in [-0.25, -0.2) is 4.98 Å². The molecule has 0 spiro atoms. The smallest absolute Gasteiger partial charge is 0.106 e. The molecule has 0 unspecified atom stereocenters. The molecular weight excluding hydrogens is 400 g/mol. The lowest BCUT2D eigenvalue weighted by molar-refractivity contribution is 0.886. The molecule has 0 bridgehead atoms. The lowest BCUT2D eigenvalue weighted by Crippen LogP contribution is -1.90. The molecule has 1 aromatic heterocycles. The molecule has 7 rings (SSSR count). The van der Waals surface area contributed by atoms with Crippen molar-refractivity contribution in [3.8, 4) is 11.1 Å². The highest BCUT2D eigenvalue weighted by Crippen LogP contribution is 2.42. The maximum absolute atomic E-state index is 4.80. The largest absolute Gasteiger partial charge is 0.331 e. The average molecular weight is 423 g/mol. The first-order valence-electron chi connectivity index (χ1n) is 11.4. The second kappa shape index (κ2) is 6.66. The number of benzene rings is 6. The van der Waals surface area contributed by atoms with Gasteiger partial charge in [0.25, 0.3) is 0 Å². The molecule has 6 aromatic carbocycles. The first kappa shape index (κ1) is 18.4. The quantitative estimate of drug-likeness (QED) is 0.244. The maximum Gasteiger partial charge on any atom is 0.106 e. The molecule has 0 aliphatic heterocycles. The van der Waals surface area contributed by atoms with Crippen molar-refractivity contribution >= 4 is 54.1 Å². The molecule has 0 amide bonds. The zero-order valence-electron chi connectivity index (χ0n) is 18.6. The van der Waals surface area contributed by atoms with Crippen molar-refractivity contribution in [2.24, 2.45) is 7.05 Å². The summed E-state index contributed by atoms with van der Waals surface area (Å²) >= 11 is 0. The molecule has 1 heterocycles. The van der Waals surface area contributed by atoms with Gasteiger partial charge in [-0.15, -0.1) is 0 Å². The van der Waals surface area contributed by atoms with Crippen LogP contribution >= 0.6 is 0 Å². The van der Waals surface area contributed by atoms with Crippen molar-refractivity contribution in [2.75, 3.05) is 0 Å². The van der Waals surface area contributed by atoms with Crippen LogP contribution in [0.5, 0.6) is 0 Å². The topological polar surface area (TPSA) is 17.8 Å². The third-order valence-corrected chi connectivity index (χ3v) is 7.16. The summed E-state index contributed by atoms with van der Waals surface area (Å²) < 4.78 is 2.15. The van der Waals surface area contributed by atoms with E-state index in [1.54, 1.807) is 0 Å². The van der Waals surface area contributed by atoms with Crippen LogP contribution in [-0.2, 0) is 7.05 Å². The Labute approximate surface area is 191 Å². The maximum atomic E-state index is 4.80. The number of nitrogens with zero attached hydrogens (tertiary/aromatic N) is 2. The SMILES string of the molecule is Cc1nc2cc(-c3cc4c5ccccc5c5ccccc5c4c4ccccc34)ccc2n1C. The van der Waals surface area contributed by atoms with E-state index in [0.29, 0.717) is 0 Å². The van der Waals surface area contributed by atoms with E-state index in [2.05, 4.69) is 116 Å². The summed E-state index contributed by atoms with van der Waals surface area (Å²) in [7, 11) is 2.08. The van der Waals surface area contributed by atoms with Crippen molar-refractivity contribution in [2.45, 2.75) is 6.92 Å². The zero-order chi connectivity index (χ0) is 22.1. The van der Waals surface area contributed by atoms with E-state index in [4.69, 9.17) is 4.98 Å². The summed E-state index contributed by atoms with van der Waals surface area (Å²) in [6.45, 7) is 2.06. The van der Waals surface area contributed by atoms with Crippen LogP contribution in [0, 0.1) is 6.92 Å². The van der Waals surface area contributed by atoms with Gasteiger partial charge in [0.2, 0.25) is 0 Å². The molecule has 0 saturated heterocycles. The summed E-state index contributed by atoms with van der Waals surface area (Å²) in [6, 6.07) is 35.5. The minimum absolute atomic E-state index is 1.03. The van der Waals surface area contributed by atoms with E-state index < -0.39 is 0 Å². The van der Waals surface area contributed by atoms with Gasteiger partial charge < -0.3 is 4.57 Å². The number of hydrogen-bond donors (Lipinski definition) is 0. The summed E-state index contributed by atoms with van der Waals surface area (Å²) in [5, 5.41) is 10.4. The Hall–Kier alpha value is -4.17. The normalized spacial score (nSPS) is 11.9. The van der Waals surface area contributed by atoms with Gasteiger partial charge >= 0.3 is 0 Å². The Morgan fingerprint density at radius 3 is 1.82 bits per heavy atom. The first-order chi connectivity index (χ1) is 16.2. The molecule has 7 aromatic rings. The Balaban J connectivity index is 1.69. The zero-order valence-corrected chi connectivity index (χ0v) is 18.6. The van der Waals surface area contributed by atoms with Crippen molar-refractivity contribution in [1.29, 1.82) is 0 Å². The predicted molar refractivity (Wildman–Crippen MR) is 141 cm³/mol. The molecule has 0 radical (unpaired) electrons. The van der Waals surface area contributed by atoms with Crippen LogP contribution in [-0.4, -0.2) is 9.55 Å². The Morgan fingerprint density at radius 2 is 1.12 bits per heavy atom. The van der Waals surface area contributed by atoms with Gasteiger partial charge in [0.1, 0.15) is 5.82 Å². The van der Waals surface area contributed by atoms with Crippen molar-refractivity contribution < 1.29 is 0 Å². The van der Waals surface area contributed by atoms with Gasteiger partial charge in [-0.1, -0.05) is 78.9 Å². The van der Waals surface area contributed by atoms with Gasteiger partial charge in [0.05, 0.1) is 11.0 Å². The van der Waals surface area contributed by atoms with Crippen LogP contribution in [0.2, 0.25) is 0 Å². The molecule has 0 N–H and O–H groups in total. The number of rotatable bonds is 1. The molecule has 2 nitrogen and oxygen atoms in total.